The smallest absolute Gasteiger partial charge is 0.170 e. The fraction of sp³-hybridized carbons (Fsp3) is 0.280. The second-order valence-corrected chi connectivity index (χ2v) is 8.23. The summed E-state index contributed by atoms with van der Waals surface area (Å²) in [5.41, 5.74) is 4.81. The third kappa shape index (κ3) is 4.25. The number of hydrogen-bond acceptors (Lipinski definition) is 5. The summed E-state index contributed by atoms with van der Waals surface area (Å²) in [5, 5.41) is 0.953. The van der Waals surface area contributed by atoms with Gasteiger partial charge in [0.05, 0.1) is 30.2 Å². The number of fused-ring (bicyclic) bond motifs is 1. The molecule has 6 nitrogen and oxygen atoms in total. The van der Waals surface area contributed by atoms with Crippen LogP contribution in [0.4, 0.5) is 0 Å². The Labute approximate surface area is 181 Å². The molecule has 0 radical (unpaired) electrons. The van der Waals surface area contributed by atoms with Crippen molar-refractivity contribution in [3.8, 4) is 11.3 Å². The molecule has 0 unspecified atom stereocenters. The van der Waals surface area contributed by atoms with Gasteiger partial charge in [0.2, 0.25) is 0 Å². The van der Waals surface area contributed by atoms with E-state index in [1.165, 1.54) is 18.4 Å². The number of Topliss-reactive ketones (excluding diaryl/α,β-unsaturated/α-hetero) is 1. The highest BCUT2D eigenvalue weighted by atomic mass is 16.1. The molecule has 0 amide bonds. The Kier molecular flexibility index (Phi) is 5.30. The van der Waals surface area contributed by atoms with Crippen LogP contribution in [0.1, 0.15) is 34.6 Å². The standard InChI is InChI=1S/C25H25N5O/c1-29-17-26-15-23(29)19-7-8-21-14-27-25(28-22(21)12-19)13-24(31)20-6-4-5-18(11-20)16-30-9-2-3-10-30/h4-8,11-12,14-15,17H,2-3,9-10,13,16H2,1H3. The quantitative estimate of drug-likeness (QED) is 0.448. The Bertz CT molecular complexity index is 1240. The van der Waals surface area contributed by atoms with Crippen LogP contribution in [-0.2, 0) is 20.0 Å². The molecule has 0 spiro atoms. The van der Waals surface area contributed by atoms with Gasteiger partial charge in [-0.2, -0.15) is 0 Å². The molecule has 1 aliphatic heterocycles. The van der Waals surface area contributed by atoms with E-state index in [2.05, 4.69) is 25.9 Å². The zero-order chi connectivity index (χ0) is 21.2. The largest absolute Gasteiger partial charge is 0.334 e. The monoisotopic (exact) mass is 411 g/mol. The van der Waals surface area contributed by atoms with Crippen molar-refractivity contribution in [2.45, 2.75) is 25.8 Å². The van der Waals surface area contributed by atoms with Crippen molar-refractivity contribution in [1.29, 1.82) is 0 Å². The molecule has 1 aliphatic rings. The number of aromatic nitrogens is 4. The number of rotatable bonds is 6. The van der Waals surface area contributed by atoms with Gasteiger partial charge in [-0.15, -0.1) is 0 Å². The summed E-state index contributed by atoms with van der Waals surface area (Å²) in [6.07, 6.45) is 8.13. The van der Waals surface area contributed by atoms with Crippen molar-refractivity contribution in [3.63, 3.8) is 0 Å². The SMILES string of the molecule is Cn1cncc1-c1ccc2cnc(CC(=O)c3cccc(CN4CCCC4)c3)nc2c1. The first-order chi connectivity index (χ1) is 15.2. The number of imidazole rings is 1. The van der Waals surface area contributed by atoms with Crippen LogP contribution in [-0.4, -0.2) is 43.3 Å². The van der Waals surface area contributed by atoms with Crippen LogP contribution < -0.4 is 0 Å². The van der Waals surface area contributed by atoms with Crippen molar-refractivity contribution < 1.29 is 4.79 Å². The van der Waals surface area contributed by atoms with Crippen LogP contribution in [0.2, 0.25) is 0 Å². The van der Waals surface area contributed by atoms with Gasteiger partial charge < -0.3 is 4.57 Å². The van der Waals surface area contributed by atoms with Gasteiger partial charge in [-0.1, -0.05) is 30.3 Å². The minimum atomic E-state index is 0.0467. The summed E-state index contributed by atoms with van der Waals surface area (Å²) in [6, 6.07) is 14.0. The minimum Gasteiger partial charge on any atom is -0.334 e. The lowest BCUT2D eigenvalue weighted by atomic mass is 10.0. The molecule has 1 fully saturated rings. The fourth-order valence-electron chi connectivity index (χ4n) is 4.23. The van der Waals surface area contributed by atoms with Gasteiger partial charge in [-0.3, -0.25) is 9.69 Å². The van der Waals surface area contributed by atoms with E-state index in [0.717, 1.165) is 47.4 Å². The molecule has 2 aromatic carbocycles. The number of carbonyl (C=O) groups is 1. The summed E-state index contributed by atoms with van der Waals surface area (Å²) in [5.74, 6) is 0.593. The van der Waals surface area contributed by atoms with E-state index in [4.69, 9.17) is 0 Å². The molecule has 1 saturated heterocycles. The maximum Gasteiger partial charge on any atom is 0.170 e. The number of carbonyl (C=O) groups excluding carboxylic acids is 1. The maximum atomic E-state index is 12.9. The van der Waals surface area contributed by atoms with Crippen LogP contribution in [0.25, 0.3) is 22.2 Å². The Balaban J connectivity index is 1.36. The molecular formula is C25H25N5O. The number of likely N-dealkylation sites (tertiary alicyclic amines) is 1. The van der Waals surface area contributed by atoms with Gasteiger partial charge in [-0.05, 0) is 43.6 Å². The van der Waals surface area contributed by atoms with Gasteiger partial charge in [0, 0.05) is 36.3 Å². The van der Waals surface area contributed by atoms with Crippen LogP contribution in [0.3, 0.4) is 0 Å². The lowest BCUT2D eigenvalue weighted by Gasteiger charge is -2.15. The summed E-state index contributed by atoms with van der Waals surface area (Å²) >= 11 is 0. The van der Waals surface area contributed by atoms with Gasteiger partial charge in [0.25, 0.3) is 0 Å². The third-order valence-corrected chi connectivity index (χ3v) is 5.92. The van der Waals surface area contributed by atoms with Gasteiger partial charge in [-0.25, -0.2) is 15.0 Å². The van der Waals surface area contributed by atoms with E-state index < -0.39 is 0 Å². The van der Waals surface area contributed by atoms with E-state index >= 15 is 0 Å². The first-order valence-electron chi connectivity index (χ1n) is 10.7. The normalized spacial score (nSPS) is 14.4. The predicted molar refractivity (Wildman–Crippen MR) is 121 cm³/mol. The van der Waals surface area contributed by atoms with E-state index in [1.54, 1.807) is 12.5 Å². The summed E-state index contributed by atoms with van der Waals surface area (Å²) in [6.45, 7) is 3.19. The molecule has 6 heteroatoms. The number of ketones is 1. The topological polar surface area (TPSA) is 63.9 Å². The van der Waals surface area contributed by atoms with E-state index in [-0.39, 0.29) is 12.2 Å². The number of aryl methyl sites for hydroxylation is 1. The second-order valence-electron chi connectivity index (χ2n) is 8.23. The highest BCUT2D eigenvalue weighted by Crippen LogP contribution is 2.23. The highest BCUT2D eigenvalue weighted by molar-refractivity contribution is 5.97. The highest BCUT2D eigenvalue weighted by Gasteiger charge is 2.14. The lowest BCUT2D eigenvalue weighted by Crippen LogP contribution is -2.18. The van der Waals surface area contributed by atoms with E-state index in [0.29, 0.717) is 5.82 Å². The molecule has 5 rings (SSSR count). The van der Waals surface area contributed by atoms with Gasteiger partial charge >= 0.3 is 0 Å². The van der Waals surface area contributed by atoms with E-state index in [9.17, 15) is 4.79 Å². The first kappa shape index (κ1) is 19.6. The molecule has 0 atom stereocenters. The number of benzene rings is 2. The van der Waals surface area contributed by atoms with E-state index in [1.807, 2.05) is 54.2 Å². The third-order valence-electron chi connectivity index (χ3n) is 5.92. The molecule has 2 aromatic heterocycles. The Morgan fingerprint density at radius 1 is 1.06 bits per heavy atom. The fourth-order valence-corrected chi connectivity index (χ4v) is 4.23. The molecule has 3 heterocycles. The van der Waals surface area contributed by atoms with Crippen molar-refractivity contribution in [3.05, 3.63) is 78.1 Å². The van der Waals surface area contributed by atoms with Gasteiger partial charge in [0.1, 0.15) is 5.82 Å². The zero-order valence-electron chi connectivity index (χ0n) is 17.7. The molecular weight excluding hydrogens is 386 g/mol. The van der Waals surface area contributed by atoms with Crippen LogP contribution >= 0.6 is 0 Å². The molecule has 0 saturated carbocycles. The summed E-state index contributed by atoms with van der Waals surface area (Å²) < 4.78 is 1.97. The Hall–Kier alpha value is -3.38. The van der Waals surface area contributed by atoms with Crippen molar-refractivity contribution in [1.82, 2.24) is 24.4 Å². The maximum absolute atomic E-state index is 12.9. The zero-order valence-corrected chi connectivity index (χ0v) is 17.7. The molecule has 156 valence electrons. The average Bonchev–Trinajstić information content (AvgIpc) is 3.45. The number of hydrogen-bond donors (Lipinski definition) is 0. The lowest BCUT2D eigenvalue weighted by molar-refractivity contribution is 0.0990. The van der Waals surface area contributed by atoms with Gasteiger partial charge in [0.15, 0.2) is 5.78 Å². The Morgan fingerprint density at radius 2 is 1.94 bits per heavy atom. The average molecular weight is 412 g/mol. The van der Waals surface area contributed by atoms with Crippen LogP contribution in [0, 0.1) is 0 Å². The predicted octanol–water partition coefficient (Wildman–Crippen LogP) is 4.05. The minimum absolute atomic E-state index is 0.0467. The summed E-state index contributed by atoms with van der Waals surface area (Å²) in [4.78, 5) is 28.7. The molecule has 0 N–H and O–H groups in total. The van der Waals surface area contributed by atoms with Crippen molar-refractivity contribution >= 4 is 16.7 Å². The second kappa shape index (κ2) is 8.40. The van der Waals surface area contributed by atoms with Crippen molar-refractivity contribution in [2.75, 3.05) is 13.1 Å². The van der Waals surface area contributed by atoms with Crippen LogP contribution in [0.5, 0.6) is 0 Å². The molecule has 31 heavy (non-hydrogen) atoms. The van der Waals surface area contributed by atoms with Crippen molar-refractivity contribution in [2.24, 2.45) is 7.05 Å². The number of nitrogens with zero attached hydrogens (tertiary/aromatic N) is 5. The molecule has 0 bridgehead atoms. The Morgan fingerprint density at radius 3 is 2.74 bits per heavy atom. The van der Waals surface area contributed by atoms with Crippen LogP contribution in [0.15, 0.2) is 61.2 Å². The first-order valence-corrected chi connectivity index (χ1v) is 10.7. The molecule has 0 aliphatic carbocycles. The molecule has 4 aromatic rings. The summed E-state index contributed by atoms with van der Waals surface area (Å²) in [7, 11) is 1.97.